The van der Waals surface area contributed by atoms with Gasteiger partial charge in [0.2, 0.25) is 0 Å². The number of rotatable bonds is 7. The van der Waals surface area contributed by atoms with Crippen LogP contribution in [0.5, 0.6) is 11.5 Å². The lowest BCUT2D eigenvalue weighted by molar-refractivity contribution is -0.0367. The zero-order valence-electron chi connectivity index (χ0n) is 13.7. The second-order valence-electron chi connectivity index (χ2n) is 5.57. The first-order valence-electron chi connectivity index (χ1n) is 7.52. The summed E-state index contributed by atoms with van der Waals surface area (Å²) < 4.78 is 10.8. The largest absolute Gasteiger partial charge is 0.493 e. The third kappa shape index (κ3) is 3.42. The van der Waals surface area contributed by atoms with Gasteiger partial charge in [0.05, 0.1) is 25.8 Å². The lowest BCUT2D eigenvalue weighted by atomic mass is 9.85. The number of aliphatic hydroxyl groups is 2. The van der Waals surface area contributed by atoms with Gasteiger partial charge in [-0.25, -0.2) is 5.01 Å². The summed E-state index contributed by atoms with van der Waals surface area (Å²) in [6.45, 7) is 0.515. The molecule has 7 heteroatoms. The van der Waals surface area contributed by atoms with E-state index in [1.54, 1.807) is 19.7 Å². The molecule has 1 aromatic carbocycles. The minimum absolute atomic E-state index is 0.114. The predicted octanol–water partition coefficient (Wildman–Crippen LogP) is 1.01. The number of fused-ring (bicyclic) bond motifs is 1. The molecule has 0 aromatic heterocycles. The van der Waals surface area contributed by atoms with Gasteiger partial charge in [-0.3, -0.25) is 0 Å². The van der Waals surface area contributed by atoms with Crippen molar-refractivity contribution in [2.75, 3.05) is 41.0 Å². The number of hydrogen-bond donors (Lipinski definition) is 2. The molecular formula is C16H24N2O4S. The zero-order chi connectivity index (χ0) is 17.0. The Morgan fingerprint density at radius 2 is 1.91 bits per heavy atom. The minimum atomic E-state index is -0.315. The fourth-order valence-corrected chi connectivity index (χ4v) is 3.25. The van der Waals surface area contributed by atoms with Gasteiger partial charge in [0.15, 0.2) is 11.5 Å². The quantitative estimate of drug-likeness (QED) is 0.718. The first kappa shape index (κ1) is 17.9. The summed E-state index contributed by atoms with van der Waals surface area (Å²) in [6.07, 6.45) is 0.823. The summed E-state index contributed by atoms with van der Waals surface area (Å²) in [5.41, 5.74) is 3.71. The van der Waals surface area contributed by atoms with E-state index in [1.807, 2.05) is 24.2 Å². The highest BCUT2D eigenvalue weighted by Gasteiger charge is 2.35. The number of hydrogen-bond acceptors (Lipinski definition) is 6. The van der Waals surface area contributed by atoms with Crippen molar-refractivity contribution in [1.29, 1.82) is 0 Å². The summed E-state index contributed by atoms with van der Waals surface area (Å²) in [7, 11) is 5.08. The Balaban J connectivity index is 2.54. The Morgan fingerprint density at radius 1 is 1.30 bits per heavy atom. The first-order chi connectivity index (χ1) is 11.1. The van der Waals surface area contributed by atoms with Crippen LogP contribution in [-0.2, 0) is 6.42 Å². The average molecular weight is 340 g/mol. The van der Waals surface area contributed by atoms with E-state index in [4.69, 9.17) is 21.7 Å². The molecule has 1 aliphatic rings. The number of nitrogens with zero attached hydrogens (tertiary/aromatic N) is 2. The molecule has 6 nitrogen and oxygen atoms in total. The molecule has 0 spiro atoms. The van der Waals surface area contributed by atoms with Crippen LogP contribution in [0.25, 0.3) is 0 Å². The van der Waals surface area contributed by atoms with Gasteiger partial charge < -0.3 is 24.7 Å². The molecule has 0 bridgehead atoms. The van der Waals surface area contributed by atoms with Crippen molar-refractivity contribution in [3.8, 4) is 11.5 Å². The number of hydrazine groups is 1. The monoisotopic (exact) mass is 340 g/mol. The van der Waals surface area contributed by atoms with Gasteiger partial charge in [0, 0.05) is 32.7 Å². The smallest absolute Gasteiger partial charge is 0.161 e. The molecule has 1 unspecified atom stereocenters. The van der Waals surface area contributed by atoms with Crippen LogP contribution < -0.4 is 9.47 Å². The maximum absolute atomic E-state index is 9.71. The maximum atomic E-state index is 9.71. The molecule has 1 aliphatic heterocycles. The van der Waals surface area contributed by atoms with Gasteiger partial charge in [0.1, 0.15) is 0 Å². The number of benzene rings is 1. The predicted molar refractivity (Wildman–Crippen MR) is 91.8 cm³/mol. The highest BCUT2D eigenvalue weighted by molar-refractivity contribution is 7.78. The summed E-state index contributed by atoms with van der Waals surface area (Å²) in [6, 6.07) is 3.72. The highest BCUT2D eigenvalue weighted by atomic mass is 32.1. The zero-order valence-corrected chi connectivity index (χ0v) is 14.5. The summed E-state index contributed by atoms with van der Waals surface area (Å²) in [5.74, 6) is 1.01. The summed E-state index contributed by atoms with van der Waals surface area (Å²) >= 11 is 5.04. The second-order valence-corrected chi connectivity index (χ2v) is 5.78. The second kappa shape index (κ2) is 7.92. The van der Waals surface area contributed by atoms with Crippen molar-refractivity contribution >= 4 is 17.7 Å². The molecule has 0 fully saturated rings. The third-order valence-corrected chi connectivity index (χ3v) is 4.67. The Labute approximate surface area is 142 Å². The summed E-state index contributed by atoms with van der Waals surface area (Å²) in [4.78, 5) is 0. The van der Waals surface area contributed by atoms with E-state index < -0.39 is 0 Å². The van der Waals surface area contributed by atoms with Gasteiger partial charge in [0.25, 0.3) is 0 Å². The van der Waals surface area contributed by atoms with Crippen molar-refractivity contribution in [3.05, 3.63) is 23.3 Å². The van der Waals surface area contributed by atoms with E-state index >= 15 is 0 Å². The van der Waals surface area contributed by atoms with Crippen LogP contribution >= 0.6 is 12.2 Å². The van der Waals surface area contributed by atoms with Crippen LogP contribution in [0.15, 0.2) is 12.1 Å². The lowest BCUT2D eigenvalue weighted by Crippen LogP contribution is -2.49. The maximum Gasteiger partial charge on any atom is 0.161 e. The molecule has 0 aliphatic carbocycles. The van der Waals surface area contributed by atoms with Crippen molar-refractivity contribution < 1.29 is 19.7 Å². The van der Waals surface area contributed by atoms with Gasteiger partial charge >= 0.3 is 0 Å². The fourth-order valence-electron chi connectivity index (χ4n) is 3.13. The van der Waals surface area contributed by atoms with E-state index in [2.05, 4.69) is 5.01 Å². The van der Waals surface area contributed by atoms with Crippen molar-refractivity contribution in [2.45, 2.75) is 12.5 Å². The number of ether oxygens (including phenoxy) is 2. The topological polar surface area (TPSA) is 65.4 Å². The van der Waals surface area contributed by atoms with Gasteiger partial charge in [-0.2, -0.15) is 0 Å². The summed E-state index contributed by atoms with van der Waals surface area (Å²) in [5, 5.41) is 23.3. The van der Waals surface area contributed by atoms with E-state index in [1.165, 1.54) is 0 Å². The Bertz CT molecular complexity index is 551. The van der Waals surface area contributed by atoms with Crippen molar-refractivity contribution in [3.63, 3.8) is 0 Å². The van der Waals surface area contributed by atoms with Crippen molar-refractivity contribution in [2.24, 2.45) is 5.92 Å². The molecule has 0 amide bonds. The van der Waals surface area contributed by atoms with Gasteiger partial charge in [-0.1, -0.05) is 12.2 Å². The normalized spacial score (nSPS) is 17.7. The standard InChI is InChI=1S/C16H24N2O4S/c1-17(10-23)18-5-4-11-6-14(21-2)15(22-3)7-13(11)16(18)12(8-19)9-20/h6-7,10,12,16,19-20H,4-5,8-9H2,1-3H3. The Hall–Kier alpha value is -1.41. The molecule has 1 atom stereocenters. The van der Waals surface area contributed by atoms with Crippen molar-refractivity contribution in [1.82, 2.24) is 10.0 Å². The lowest BCUT2D eigenvalue weighted by Gasteiger charge is -2.44. The van der Waals surface area contributed by atoms with Crippen LogP contribution in [0.2, 0.25) is 0 Å². The molecule has 0 saturated heterocycles. The van der Waals surface area contributed by atoms with Gasteiger partial charge in [-0.15, -0.1) is 0 Å². The minimum Gasteiger partial charge on any atom is -0.493 e. The number of thiocarbonyl (C=S) groups is 1. The fraction of sp³-hybridized carbons (Fsp3) is 0.562. The molecule has 23 heavy (non-hydrogen) atoms. The molecule has 2 rings (SSSR count). The number of aliphatic hydroxyl groups excluding tert-OH is 2. The van der Waals surface area contributed by atoms with E-state index in [-0.39, 0.29) is 25.2 Å². The van der Waals surface area contributed by atoms with E-state index in [9.17, 15) is 10.2 Å². The van der Waals surface area contributed by atoms with Crippen LogP contribution in [0.3, 0.4) is 0 Å². The van der Waals surface area contributed by atoms with Crippen LogP contribution in [-0.4, -0.2) is 66.7 Å². The molecule has 128 valence electrons. The van der Waals surface area contributed by atoms with Crippen LogP contribution in [0.4, 0.5) is 0 Å². The van der Waals surface area contributed by atoms with Gasteiger partial charge in [-0.05, 0) is 29.7 Å². The Kier molecular flexibility index (Phi) is 6.17. The van der Waals surface area contributed by atoms with E-state index in [0.29, 0.717) is 11.5 Å². The Morgan fingerprint density at radius 3 is 2.43 bits per heavy atom. The molecular weight excluding hydrogens is 316 g/mol. The number of methoxy groups -OCH3 is 2. The van der Waals surface area contributed by atoms with Crippen LogP contribution in [0, 0.1) is 5.92 Å². The molecule has 1 aromatic rings. The molecule has 0 saturated carbocycles. The molecule has 2 N–H and O–H groups in total. The van der Waals surface area contributed by atoms with E-state index in [0.717, 1.165) is 24.1 Å². The molecule has 0 radical (unpaired) electrons. The third-order valence-electron chi connectivity index (χ3n) is 4.37. The van der Waals surface area contributed by atoms with Crippen LogP contribution in [0.1, 0.15) is 17.2 Å². The SMILES string of the molecule is COc1cc2c(cc1OC)C(C(CO)CO)N(N(C)C=S)CC2. The average Bonchev–Trinajstić information content (AvgIpc) is 2.60. The first-order valence-corrected chi connectivity index (χ1v) is 7.99. The highest BCUT2D eigenvalue weighted by Crippen LogP contribution is 2.41. The molecule has 1 heterocycles.